The lowest BCUT2D eigenvalue weighted by Gasteiger charge is -2.09. The van der Waals surface area contributed by atoms with Crippen LogP contribution in [0.4, 0.5) is 0 Å². The number of carbonyl (C=O) groups is 1. The van der Waals surface area contributed by atoms with Crippen molar-refractivity contribution in [1.82, 2.24) is 4.98 Å². The highest BCUT2D eigenvalue weighted by molar-refractivity contribution is 7.99. The molecule has 0 bridgehead atoms. The first-order valence-electron chi connectivity index (χ1n) is 10.4. The molecule has 0 fully saturated rings. The number of pyridine rings is 1. The van der Waals surface area contributed by atoms with Gasteiger partial charge in [-0.05, 0) is 68.0 Å². The van der Waals surface area contributed by atoms with Crippen LogP contribution in [0.1, 0.15) is 22.3 Å². The normalized spacial score (nSPS) is 14.6. The fourth-order valence-electron chi connectivity index (χ4n) is 3.60. The number of benzene rings is 3. The van der Waals surface area contributed by atoms with E-state index in [-0.39, 0.29) is 5.70 Å². The number of aromatic nitrogens is 1. The zero-order valence-electron chi connectivity index (χ0n) is 18.0. The average Bonchev–Trinajstić information content (AvgIpc) is 3.16. The van der Waals surface area contributed by atoms with Crippen molar-refractivity contribution in [3.63, 3.8) is 0 Å². The molecule has 4 aromatic rings. The lowest BCUT2D eigenvalue weighted by atomic mass is 10.1. The van der Waals surface area contributed by atoms with E-state index in [1.165, 1.54) is 11.8 Å². The predicted octanol–water partition coefficient (Wildman–Crippen LogP) is 7.00. The van der Waals surface area contributed by atoms with Gasteiger partial charge in [-0.3, -0.25) is 0 Å². The fourth-order valence-corrected chi connectivity index (χ4v) is 4.60. The monoisotopic (exact) mass is 470 g/mol. The number of esters is 1. The Hall–Kier alpha value is -3.41. The highest BCUT2D eigenvalue weighted by Gasteiger charge is 2.25. The largest absolute Gasteiger partial charge is 0.402 e. The Balaban J connectivity index is 1.60. The van der Waals surface area contributed by atoms with Gasteiger partial charge < -0.3 is 4.74 Å². The summed E-state index contributed by atoms with van der Waals surface area (Å²) < 4.78 is 5.47. The first kappa shape index (κ1) is 21.4. The molecular weight excluding hydrogens is 452 g/mol. The van der Waals surface area contributed by atoms with E-state index in [2.05, 4.69) is 4.99 Å². The summed E-state index contributed by atoms with van der Waals surface area (Å²) >= 11 is 7.56. The first-order valence-corrected chi connectivity index (χ1v) is 11.6. The van der Waals surface area contributed by atoms with Gasteiger partial charge in [0.25, 0.3) is 0 Å². The molecule has 1 aliphatic heterocycles. The average molecular weight is 471 g/mol. The van der Waals surface area contributed by atoms with Gasteiger partial charge in [-0.25, -0.2) is 14.8 Å². The van der Waals surface area contributed by atoms with E-state index in [0.717, 1.165) is 43.1 Å². The van der Waals surface area contributed by atoms with Crippen LogP contribution in [-0.4, -0.2) is 16.9 Å². The smallest absolute Gasteiger partial charge is 0.363 e. The van der Waals surface area contributed by atoms with Crippen LogP contribution in [0.15, 0.2) is 93.4 Å². The summed E-state index contributed by atoms with van der Waals surface area (Å²) in [6.07, 6.45) is 1.75. The summed E-state index contributed by atoms with van der Waals surface area (Å²) in [5, 5.41) is 2.45. The van der Waals surface area contributed by atoms with Gasteiger partial charge in [0.15, 0.2) is 5.70 Å². The van der Waals surface area contributed by atoms with Gasteiger partial charge in [-0.1, -0.05) is 59.3 Å². The maximum Gasteiger partial charge on any atom is 0.363 e. The molecule has 0 atom stereocenters. The Bertz CT molecular complexity index is 1460. The number of fused-ring (bicyclic) bond motifs is 1. The van der Waals surface area contributed by atoms with Gasteiger partial charge in [0.1, 0.15) is 5.03 Å². The van der Waals surface area contributed by atoms with Crippen LogP contribution in [0.2, 0.25) is 5.02 Å². The third-order valence-corrected chi connectivity index (χ3v) is 6.53. The number of aliphatic imine (C=N–C) groups is 1. The number of halogens is 1. The van der Waals surface area contributed by atoms with Crippen LogP contribution in [0.25, 0.3) is 17.0 Å². The molecule has 2 heterocycles. The first-order chi connectivity index (χ1) is 16.0. The highest BCUT2D eigenvalue weighted by Crippen LogP contribution is 2.34. The van der Waals surface area contributed by atoms with Crippen LogP contribution < -0.4 is 0 Å². The van der Waals surface area contributed by atoms with E-state index in [0.29, 0.717) is 10.9 Å². The van der Waals surface area contributed by atoms with Crippen molar-refractivity contribution in [2.45, 2.75) is 23.8 Å². The third-order valence-electron chi connectivity index (χ3n) is 5.25. The van der Waals surface area contributed by atoms with Crippen LogP contribution >= 0.6 is 23.4 Å². The summed E-state index contributed by atoms with van der Waals surface area (Å²) in [5.74, 6) is -0.162. The predicted molar refractivity (Wildman–Crippen MR) is 134 cm³/mol. The van der Waals surface area contributed by atoms with Gasteiger partial charge in [0, 0.05) is 26.4 Å². The zero-order chi connectivity index (χ0) is 22.9. The number of para-hydroxylation sites is 1. The van der Waals surface area contributed by atoms with Gasteiger partial charge in [-0.15, -0.1) is 0 Å². The second kappa shape index (κ2) is 8.85. The highest BCUT2D eigenvalue weighted by atomic mass is 35.5. The van der Waals surface area contributed by atoms with Crippen LogP contribution in [0, 0.1) is 13.8 Å². The molecule has 1 aliphatic rings. The number of ether oxygens (including phenoxy) is 1. The summed E-state index contributed by atoms with van der Waals surface area (Å²) in [6.45, 7) is 4.03. The van der Waals surface area contributed by atoms with Crippen molar-refractivity contribution >= 4 is 52.2 Å². The molecule has 0 unspecified atom stereocenters. The summed E-state index contributed by atoms with van der Waals surface area (Å²) in [5.41, 5.74) is 4.90. The third kappa shape index (κ3) is 4.56. The molecule has 3 aromatic carbocycles. The van der Waals surface area contributed by atoms with Crippen molar-refractivity contribution in [3.05, 3.63) is 106 Å². The van der Waals surface area contributed by atoms with Gasteiger partial charge in [-0.2, -0.15) is 0 Å². The van der Waals surface area contributed by atoms with Crippen LogP contribution in [0.5, 0.6) is 0 Å². The minimum Gasteiger partial charge on any atom is -0.402 e. The fraction of sp³-hybridized carbons (Fsp3) is 0.0741. The van der Waals surface area contributed by atoms with Crippen molar-refractivity contribution in [1.29, 1.82) is 0 Å². The minimum absolute atomic E-state index is 0.248. The molecule has 162 valence electrons. The van der Waals surface area contributed by atoms with Crippen molar-refractivity contribution in [3.8, 4) is 0 Å². The molecule has 0 saturated heterocycles. The van der Waals surface area contributed by atoms with E-state index < -0.39 is 5.97 Å². The van der Waals surface area contributed by atoms with Crippen molar-refractivity contribution in [2.75, 3.05) is 0 Å². The van der Waals surface area contributed by atoms with E-state index in [4.69, 9.17) is 21.3 Å². The molecule has 4 nitrogen and oxygen atoms in total. The molecule has 0 amide bonds. The number of rotatable bonds is 4. The molecule has 5 rings (SSSR count). The van der Waals surface area contributed by atoms with Gasteiger partial charge in [0.05, 0.1) is 5.52 Å². The maximum atomic E-state index is 12.6. The molecule has 6 heteroatoms. The van der Waals surface area contributed by atoms with E-state index in [1.54, 1.807) is 6.08 Å². The number of hydrogen-bond acceptors (Lipinski definition) is 5. The Labute approximate surface area is 201 Å². The molecule has 1 aromatic heterocycles. The Morgan fingerprint density at radius 1 is 0.970 bits per heavy atom. The van der Waals surface area contributed by atoms with E-state index in [9.17, 15) is 4.79 Å². The second-order valence-corrected chi connectivity index (χ2v) is 9.29. The second-order valence-electron chi connectivity index (χ2n) is 7.79. The topological polar surface area (TPSA) is 51.5 Å². The number of aryl methyl sites for hydroxylation is 2. The van der Waals surface area contributed by atoms with E-state index >= 15 is 0 Å². The zero-order valence-corrected chi connectivity index (χ0v) is 19.6. The van der Waals surface area contributed by atoms with Crippen molar-refractivity contribution in [2.24, 2.45) is 4.99 Å². The molecule has 0 aliphatic carbocycles. The standard InChI is InChI=1S/C27H19ClN2O2S/c1-16-5-3-8-19(13-16)25-29-23(27(31)32-25)15-20-14-18-7-4-6-17(2)24(18)30-26(20)33-22-11-9-21(28)10-12-22/h3-15H,1-2H3. The molecule has 0 radical (unpaired) electrons. The number of carbonyl (C=O) groups excluding carboxylic acids is 1. The summed E-state index contributed by atoms with van der Waals surface area (Å²) in [6, 6.07) is 23.4. The molecule has 33 heavy (non-hydrogen) atoms. The molecular formula is C27H19ClN2O2S. The maximum absolute atomic E-state index is 12.6. The Morgan fingerprint density at radius 3 is 2.55 bits per heavy atom. The Kier molecular flexibility index (Phi) is 5.75. The van der Waals surface area contributed by atoms with Crippen molar-refractivity contribution < 1.29 is 9.53 Å². The summed E-state index contributed by atoms with van der Waals surface area (Å²) in [7, 11) is 0. The Morgan fingerprint density at radius 2 is 1.76 bits per heavy atom. The van der Waals surface area contributed by atoms with Gasteiger partial charge >= 0.3 is 5.97 Å². The summed E-state index contributed by atoms with van der Waals surface area (Å²) in [4.78, 5) is 23.0. The van der Waals surface area contributed by atoms with Crippen LogP contribution in [0.3, 0.4) is 0 Å². The molecule has 0 N–H and O–H groups in total. The lowest BCUT2D eigenvalue weighted by molar-refractivity contribution is -0.129. The van der Waals surface area contributed by atoms with E-state index in [1.807, 2.05) is 86.6 Å². The quantitative estimate of drug-likeness (QED) is 0.238. The molecule has 0 saturated carbocycles. The minimum atomic E-state index is -0.474. The number of cyclic esters (lactones) is 1. The number of nitrogens with zero attached hydrogens (tertiary/aromatic N) is 2. The SMILES string of the molecule is Cc1cccc(C2=NC(=Cc3cc4cccc(C)c4nc3Sc3ccc(Cl)cc3)C(=O)O2)c1. The number of hydrogen-bond donors (Lipinski definition) is 0. The lowest BCUT2D eigenvalue weighted by Crippen LogP contribution is -2.05. The van der Waals surface area contributed by atoms with Gasteiger partial charge in [0.2, 0.25) is 5.90 Å². The molecule has 0 spiro atoms. The van der Waals surface area contributed by atoms with Crippen LogP contribution in [-0.2, 0) is 9.53 Å².